The first kappa shape index (κ1) is 35.0. The Labute approximate surface area is 282 Å². The number of carbonyl (C=O) groups excluding carboxylic acids is 2. The van der Waals surface area contributed by atoms with E-state index in [4.69, 9.17) is 23.2 Å². The van der Waals surface area contributed by atoms with E-state index in [-0.39, 0.29) is 23.8 Å². The maximum atomic E-state index is 14.6. The van der Waals surface area contributed by atoms with E-state index in [0.717, 1.165) is 26.6 Å². The number of benzene rings is 4. The minimum Gasteiger partial charge on any atom is -0.354 e. The third kappa shape index (κ3) is 8.49. The first-order valence-corrected chi connectivity index (χ1v) is 17.3. The molecule has 0 bridgehead atoms. The smallest absolute Gasteiger partial charge is 0.264 e. The zero-order valence-electron chi connectivity index (χ0n) is 26.5. The summed E-state index contributed by atoms with van der Waals surface area (Å²) in [6.07, 6.45) is 0.891. The minimum absolute atomic E-state index is 0.0475. The van der Waals surface area contributed by atoms with Crippen molar-refractivity contribution in [2.75, 3.05) is 17.4 Å². The number of halogens is 2. The Morgan fingerprint density at radius 1 is 0.826 bits per heavy atom. The van der Waals surface area contributed by atoms with Crippen LogP contribution in [0.5, 0.6) is 0 Å². The average Bonchev–Trinajstić information content (AvgIpc) is 3.03. The van der Waals surface area contributed by atoms with Gasteiger partial charge >= 0.3 is 0 Å². The quantitative estimate of drug-likeness (QED) is 0.161. The van der Waals surface area contributed by atoms with Crippen LogP contribution in [0.1, 0.15) is 41.2 Å². The second-order valence-corrected chi connectivity index (χ2v) is 14.0. The van der Waals surface area contributed by atoms with E-state index >= 15 is 0 Å². The van der Waals surface area contributed by atoms with Gasteiger partial charge in [0.1, 0.15) is 12.6 Å². The molecule has 1 atom stereocenters. The van der Waals surface area contributed by atoms with E-state index in [1.165, 1.54) is 17.0 Å². The summed E-state index contributed by atoms with van der Waals surface area (Å²) in [6.45, 7) is 7.37. The molecule has 0 spiro atoms. The molecule has 4 rings (SSSR count). The molecule has 242 valence electrons. The molecule has 46 heavy (non-hydrogen) atoms. The van der Waals surface area contributed by atoms with Crippen molar-refractivity contribution in [2.45, 2.75) is 58.0 Å². The SMILES string of the molecule is CCCNC(=O)[C@H](Cc1ccccc1)N(Cc1c(Cl)cccc1Cl)C(=O)CN(c1ccc(C)c(C)c1)S(=O)(=O)c1ccc(C)cc1. The highest BCUT2D eigenvalue weighted by Gasteiger charge is 2.35. The molecule has 0 aromatic heterocycles. The van der Waals surface area contributed by atoms with Crippen molar-refractivity contribution in [3.8, 4) is 0 Å². The number of nitrogens with zero attached hydrogens (tertiary/aromatic N) is 2. The molecular formula is C36H39Cl2N3O4S. The molecule has 1 N–H and O–H groups in total. The van der Waals surface area contributed by atoms with Crippen molar-refractivity contribution in [1.29, 1.82) is 0 Å². The topological polar surface area (TPSA) is 86.8 Å². The van der Waals surface area contributed by atoms with Gasteiger partial charge in [-0.2, -0.15) is 0 Å². The summed E-state index contributed by atoms with van der Waals surface area (Å²) in [7, 11) is -4.20. The first-order valence-electron chi connectivity index (χ1n) is 15.1. The maximum Gasteiger partial charge on any atom is 0.264 e. The highest BCUT2D eigenvalue weighted by Crippen LogP contribution is 2.30. The number of hydrogen-bond acceptors (Lipinski definition) is 4. The summed E-state index contributed by atoms with van der Waals surface area (Å²) in [5, 5.41) is 3.59. The Morgan fingerprint density at radius 2 is 1.48 bits per heavy atom. The van der Waals surface area contributed by atoms with Crippen LogP contribution in [0.2, 0.25) is 10.0 Å². The summed E-state index contributed by atoms with van der Waals surface area (Å²) in [6, 6.07) is 25.2. The zero-order chi connectivity index (χ0) is 33.4. The van der Waals surface area contributed by atoms with Gasteiger partial charge in [-0.05, 0) is 80.3 Å². The highest BCUT2D eigenvalue weighted by molar-refractivity contribution is 7.92. The Morgan fingerprint density at radius 3 is 2.09 bits per heavy atom. The normalized spacial score (nSPS) is 12.0. The number of sulfonamides is 1. The van der Waals surface area contributed by atoms with E-state index < -0.39 is 28.5 Å². The van der Waals surface area contributed by atoms with Crippen LogP contribution < -0.4 is 9.62 Å². The molecule has 2 amide bonds. The Balaban J connectivity index is 1.85. The largest absolute Gasteiger partial charge is 0.354 e. The van der Waals surface area contributed by atoms with Gasteiger partial charge in [-0.1, -0.05) is 90.3 Å². The fraction of sp³-hybridized carbons (Fsp3) is 0.278. The molecule has 0 saturated heterocycles. The van der Waals surface area contributed by atoms with Gasteiger partial charge in [-0.15, -0.1) is 0 Å². The van der Waals surface area contributed by atoms with E-state index in [2.05, 4.69) is 5.32 Å². The molecule has 0 unspecified atom stereocenters. The summed E-state index contributed by atoms with van der Waals surface area (Å²) in [5.74, 6) is -0.946. The third-order valence-corrected chi connectivity index (χ3v) is 10.4. The number of nitrogens with one attached hydrogen (secondary N) is 1. The van der Waals surface area contributed by atoms with E-state index in [0.29, 0.717) is 34.3 Å². The van der Waals surface area contributed by atoms with Crippen LogP contribution >= 0.6 is 23.2 Å². The van der Waals surface area contributed by atoms with Gasteiger partial charge in [0.05, 0.1) is 10.6 Å². The van der Waals surface area contributed by atoms with E-state index in [9.17, 15) is 18.0 Å². The van der Waals surface area contributed by atoms with Crippen molar-refractivity contribution in [2.24, 2.45) is 0 Å². The van der Waals surface area contributed by atoms with Gasteiger partial charge < -0.3 is 10.2 Å². The molecule has 4 aromatic carbocycles. The van der Waals surface area contributed by atoms with Crippen LogP contribution in [0.4, 0.5) is 5.69 Å². The lowest BCUT2D eigenvalue weighted by Gasteiger charge is -2.34. The van der Waals surface area contributed by atoms with Gasteiger partial charge in [-0.25, -0.2) is 8.42 Å². The lowest BCUT2D eigenvalue weighted by molar-refractivity contribution is -0.140. The molecule has 0 fully saturated rings. The minimum atomic E-state index is -4.20. The molecule has 0 radical (unpaired) electrons. The van der Waals surface area contributed by atoms with Crippen molar-refractivity contribution in [1.82, 2.24) is 10.2 Å². The van der Waals surface area contributed by atoms with Crippen molar-refractivity contribution >= 4 is 50.7 Å². The maximum absolute atomic E-state index is 14.6. The molecule has 0 heterocycles. The van der Waals surface area contributed by atoms with Crippen LogP contribution in [0, 0.1) is 20.8 Å². The molecule has 0 aliphatic rings. The molecular weight excluding hydrogens is 641 g/mol. The molecule has 4 aromatic rings. The van der Waals surface area contributed by atoms with Crippen molar-refractivity contribution in [3.63, 3.8) is 0 Å². The number of aryl methyl sites for hydroxylation is 3. The Bertz CT molecular complexity index is 1760. The lowest BCUT2D eigenvalue weighted by atomic mass is 10.0. The monoisotopic (exact) mass is 679 g/mol. The summed E-state index contributed by atoms with van der Waals surface area (Å²) in [4.78, 5) is 29.8. The second-order valence-electron chi connectivity index (χ2n) is 11.3. The van der Waals surface area contributed by atoms with Crippen molar-refractivity contribution in [3.05, 3.63) is 129 Å². The number of rotatable bonds is 13. The van der Waals surface area contributed by atoms with Crippen molar-refractivity contribution < 1.29 is 18.0 Å². The van der Waals surface area contributed by atoms with E-state index in [1.54, 1.807) is 42.5 Å². The lowest BCUT2D eigenvalue weighted by Crippen LogP contribution is -2.53. The third-order valence-electron chi connectivity index (χ3n) is 7.88. The number of hydrogen-bond donors (Lipinski definition) is 1. The fourth-order valence-electron chi connectivity index (χ4n) is 5.02. The molecule has 0 aliphatic heterocycles. The van der Waals surface area contributed by atoms with Gasteiger partial charge in [0, 0.05) is 35.1 Å². The summed E-state index contributed by atoms with van der Waals surface area (Å²) in [5.41, 5.74) is 4.38. The van der Waals surface area contributed by atoms with Gasteiger partial charge in [0.2, 0.25) is 11.8 Å². The number of amides is 2. The Hall–Kier alpha value is -3.85. The molecule has 0 saturated carbocycles. The predicted octanol–water partition coefficient (Wildman–Crippen LogP) is 7.28. The summed E-state index contributed by atoms with van der Waals surface area (Å²) >= 11 is 13.2. The van der Waals surface area contributed by atoms with Gasteiger partial charge in [0.25, 0.3) is 10.0 Å². The molecule has 0 aliphatic carbocycles. The highest BCUT2D eigenvalue weighted by atomic mass is 35.5. The fourth-order valence-corrected chi connectivity index (χ4v) is 6.94. The second kappa shape index (κ2) is 15.6. The van der Waals surface area contributed by atoms with Gasteiger partial charge in [0.15, 0.2) is 0 Å². The number of anilines is 1. The Kier molecular flexibility index (Phi) is 11.9. The average molecular weight is 681 g/mol. The first-order chi connectivity index (χ1) is 21.9. The standard InChI is InChI=1S/C36H39Cl2N3O4S/c1-5-20-39-36(43)34(22-28-10-7-6-8-11-28)40(23-31-32(37)12-9-13-33(31)38)35(42)24-41(29-17-16-26(3)27(4)21-29)46(44,45)30-18-14-25(2)15-19-30/h6-19,21,34H,5,20,22-24H2,1-4H3,(H,39,43)/t34-/m0/s1. The van der Waals surface area contributed by atoms with Crippen LogP contribution in [-0.2, 0) is 32.6 Å². The molecule has 10 heteroatoms. The van der Waals surface area contributed by atoms with Crippen LogP contribution in [-0.4, -0.2) is 44.3 Å². The predicted molar refractivity (Wildman–Crippen MR) is 186 cm³/mol. The number of carbonyl (C=O) groups is 2. The van der Waals surface area contributed by atoms with Crippen LogP contribution in [0.15, 0.2) is 95.9 Å². The van der Waals surface area contributed by atoms with Gasteiger partial charge in [-0.3, -0.25) is 13.9 Å². The van der Waals surface area contributed by atoms with E-state index in [1.807, 2.05) is 64.1 Å². The summed E-state index contributed by atoms with van der Waals surface area (Å²) < 4.78 is 29.6. The zero-order valence-corrected chi connectivity index (χ0v) is 28.8. The molecule has 7 nitrogen and oxygen atoms in total. The van der Waals surface area contributed by atoms with Crippen LogP contribution in [0.3, 0.4) is 0 Å². The van der Waals surface area contributed by atoms with Crippen LogP contribution in [0.25, 0.3) is 0 Å².